The molecule has 28 heavy (non-hydrogen) atoms. The molecule has 3 nitrogen and oxygen atoms in total. The van der Waals surface area contributed by atoms with Crippen molar-refractivity contribution in [3.8, 4) is 5.75 Å². The van der Waals surface area contributed by atoms with Gasteiger partial charge in [0.2, 0.25) is 0 Å². The molecular formula is C25H27NO2. The Balaban J connectivity index is 1.40. The maximum Gasteiger partial charge on any atom is 0.115 e. The first-order chi connectivity index (χ1) is 13.8. The molecule has 2 atom stereocenters. The molecule has 1 heterocycles. The Morgan fingerprint density at radius 1 is 0.821 bits per heavy atom. The molecular weight excluding hydrogens is 346 g/mol. The van der Waals surface area contributed by atoms with Crippen LogP contribution in [-0.4, -0.2) is 23.9 Å². The molecule has 0 bridgehead atoms. The summed E-state index contributed by atoms with van der Waals surface area (Å²) in [6.45, 7) is 1.51. The molecule has 2 N–H and O–H groups in total. The third-order valence-corrected chi connectivity index (χ3v) is 5.53. The van der Waals surface area contributed by atoms with E-state index in [-0.39, 0.29) is 12.0 Å². The van der Waals surface area contributed by atoms with Gasteiger partial charge in [0.1, 0.15) is 5.75 Å². The van der Waals surface area contributed by atoms with Crippen molar-refractivity contribution in [1.29, 1.82) is 0 Å². The van der Waals surface area contributed by atoms with Crippen LogP contribution in [0.3, 0.4) is 0 Å². The third kappa shape index (κ3) is 4.61. The maximum absolute atomic E-state index is 9.40. The van der Waals surface area contributed by atoms with E-state index in [0.29, 0.717) is 11.8 Å². The van der Waals surface area contributed by atoms with Crippen molar-refractivity contribution in [2.24, 2.45) is 0 Å². The number of nitrogens with one attached hydrogen (secondary N) is 1. The number of benzene rings is 3. The minimum absolute atomic E-state index is 0.191. The average Bonchev–Trinajstić information content (AvgIpc) is 2.76. The van der Waals surface area contributed by atoms with Crippen LogP contribution >= 0.6 is 0 Å². The Labute approximate surface area is 167 Å². The van der Waals surface area contributed by atoms with Crippen LogP contribution in [0.15, 0.2) is 84.9 Å². The number of hydrogen-bond acceptors (Lipinski definition) is 3. The highest BCUT2D eigenvalue weighted by Gasteiger charge is 2.30. The van der Waals surface area contributed by atoms with Crippen molar-refractivity contribution in [3.05, 3.63) is 102 Å². The van der Waals surface area contributed by atoms with Gasteiger partial charge in [0, 0.05) is 18.5 Å². The molecule has 4 rings (SSSR count). The van der Waals surface area contributed by atoms with Crippen LogP contribution in [0.5, 0.6) is 5.75 Å². The molecule has 1 aliphatic heterocycles. The summed E-state index contributed by atoms with van der Waals surface area (Å²) in [5, 5.41) is 13.0. The zero-order chi connectivity index (χ0) is 19.2. The molecule has 3 aromatic rings. The quantitative estimate of drug-likeness (QED) is 0.648. The van der Waals surface area contributed by atoms with Gasteiger partial charge in [-0.05, 0) is 41.7 Å². The minimum Gasteiger partial charge on any atom is -0.508 e. The van der Waals surface area contributed by atoms with E-state index < -0.39 is 0 Å². The fourth-order valence-corrected chi connectivity index (χ4v) is 4.01. The average molecular weight is 373 g/mol. The van der Waals surface area contributed by atoms with E-state index in [2.05, 4.69) is 66.0 Å². The lowest BCUT2D eigenvalue weighted by molar-refractivity contribution is -0.0116. The van der Waals surface area contributed by atoms with Gasteiger partial charge in [-0.3, -0.25) is 0 Å². The fourth-order valence-electron chi connectivity index (χ4n) is 4.01. The Morgan fingerprint density at radius 3 is 1.96 bits per heavy atom. The molecule has 3 aromatic carbocycles. The largest absolute Gasteiger partial charge is 0.508 e. The number of ether oxygens (including phenoxy) is 1. The molecule has 0 aromatic heterocycles. The van der Waals surface area contributed by atoms with Gasteiger partial charge < -0.3 is 15.2 Å². The van der Waals surface area contributed by atoms with Crippen molar-refractivity contribution >= 4 is 0 Å². The second kappa shape index (κ2) is 9.05. The maximum atomic E-state index is 9.40. The molecule has 0 radical (unpaired) electrons. The first-order valence-electron chi connectivity index (χ1n) is 10.0. The monoisotopic (exact) mass is 373 g/mol. The molecule has 0 spiro atoms. The van der Waals surface area contributed by atoms with Crippen LogP contribution in [0.25, 0.3) is 0 Å². The highest BCUT2D eigenvalue weighted by molar-refractivity contribution is 5.34. The first-order valence-corrected chi connectivity index (χ1v) is 10.0. The van der Waals surface area contributed by atoms with Crippen molar-refractivity contribution in [2.75, 3.05) is 6.61 Å². The van der Waals surface area contributed by atoms with Crippen molar-refractivity contribution in [2.45, 2.75) is 37.5 Å². The highest BCUT2D eigenvalue weighted by atomic mass is 16.5. The zero-order valence-corrected chi connectivity index (χ0v) is 16.0. The van der Waals surface area contributed by atoms with Crippen LogP contribution in [0.2, 0.25) is 0 Å². The standard InChI is InChI=1S/C25H27NO2/c27-23-14-11-19(12-15-23)17-26-22-13-16-24(28-18-22)25(20-7-3-1-4-8-20)21-9-5-2-6-10-21/h1-12,14-15,22,24-27H,13,16-18H2/t22-,24-/m1/s1. The van der Waals surface area contributed by atoms with Gasteiger partial charge in [-0.2, -0.15) is 0 Å². The Morgan fingerprint density at radius 2 is 1.43 bits per heavy atom. The number of phenolic OH excluding ortho intramolecular Hbond substituents is 1. The second-order valence-corrected chi connectivity index (χ2v) is 7.49. The summed E-state index contributed by atoms with van der Waals surface area (Å²) in [5.74, 6) is 0.570. The Bertz CT molecular complexity index is 801. The van der Waals surface area contributed by atoms with Crippen LogP contribution in [0, 0.1) is 0 Å². The molecule has 1 fully saturated rings. The summed E-state index contributed by atoms with van der Waals surface area (Å²) >= 11 is 0. The predicted molar refractivity (Wildman–Crippen MR) is 112 cm³/mol. The van der Waals surface area contributed by atoms with Gasteiger partial charge in [-0.1, -0.05) is 72.8 Å². The molecule has 144 valence electrons. The fraction of sp³-hybridized carbons (Fsp3) is 0.280. The summed E-state index contributed by atoms with van der Waals surface area (Å²) < 4.78 is 6.37. The number of rotatable bonds is 6. The van der Waals surface area contributed by atoms with E-state index in [0.717, 1.165) is 26.0 Å². The normalized spacial score (nSPS) is 19.6. The SMILES string of the molecule is Oc1ccc(CN[C@@H]2CC[C@H](C(c3ccccc3)c3ccccc3)OC2)cc1. The van der Waals surface area contributed by atoms with E-state index in [1.165, 1.54) is 16.7 Å². The third-order valence-electron chi connectivity index (χ3n) is 5.53. The number of hydrogen-bond donors (Lipinski definition) is 2. The van der Waals surface area contributed by atoms with Crippen molar-refractivity contribution < 1.29 is 9.84 Å². The minimum atomic E-state index is 0.191. The van der Waals surface area contributed by atoms with Crippen LogP contribution in [-0.2, 0) is 11.3 Å². The number of phenols is 1. The lowest BCUT2D eigenvalue weighted by Crippen LogP contribution is -2.41. The molecule has 0 unspecified atom stereocenters. The van der Waals surface area contributed by atoms with Gasteiger partial charge >= 0.3 is 0 Å². The van der Waals surface area contributed by atoms with E-state index in [1.54, 1.807) is 12.1 Å². The van der Waals surface area contributed by atoms with Crippen LogP contribution in [0.1, 0.15) is 35.4 Å². The predicted octanol–water partition coefficient (Wildman–Crippen LogP) is 4.86. The van der Waals surface area contributed by atoms with Gasteiger partial charge in [0.25, 0.3) is 0 Å². The molecule has 1 aliphatic rings. The Hall–Kier alpha value is -2.62. The van der Waals surface area contributed by atoms with Gasteiger partial charge in [-0.15, -0.1) is 0 Å². The van der Waals surface area contributed by atoms with Crippen molar-refractivity contribution in [1.82, 2.24) is 5.32 Å². The van der Waals surface area contributed by atoms with E-state index in [4.69, 9.17) is 4.74 Å². The van der Waals surface area contributed by atoms with Crippen molar-refractivity contribution in [3.63, 3.8) is 0 Å². The van der Waals surface area contributed by atoms with Gasteiger partial charge in [-0.25, -0.2) is 0 Å². The molecule has 1 saturated heterocycles. The zero-order valence-electron chi connectivity index (χ0n) is 16.0. The smallest absolute Gasteiger partial charge is 0.115 e. The van der Waals surface area contributed by atoms with E-state index in [1.807, 2.05) is 12.1 Å². The van der Waals surface area contributed by atoms with E-state index >= 15 is 0 Å². The topological polar surface area (TPSA) is 41.5 Å². The van der Waals surface area contributed by atoms with Gasteiger partial charge in [0.05, 0.1) is 12.7 Å². The van der Waals surface area contributed by atoms with Gasteiger partial charge in [0.15, 0.2) is 0 Å². The van der Waals surface area contributed by atoms with E-state index in [9.17, 15) is 5.11 Å². The molecule has 3 heteroatoms. The molecule has 0 amide bonds. The Kier molecular flexibility index (Phi) is 6.05. The second-order valence-electron chi connectivity index (χ2n) is 7.49. The summed E-state index contributed by atoms with van der Waals surface area (Å²) in [4.78, 5) is 0. The van der Waals surface area contributed by atoms with Crippen LogP contribution in [0.4, 0.5) is 0 Å². The number of aromatic hydroxyl groups is 1. The summed E-state index contributed by atoms with van der Waals surface area (Å²) in [5.41, 5.74) is 3.80. The lowest BCUT2D eigenvalue weighted by Gasteiger charge is -2.35. The summed E-state index contributed by atoms with van der Waals surface area (Å²) in [6, 6.07) is 29.1. The van der Waals surface area contributed by atoms with Crippen LogP contribution < -0.4 is 5.32 Å². The summed E-state index contributed by atoms with van der Waals surface area (Å²) in [7, 11) is 0. The first kappa shape index (κ1) is 18.7. The molecule has 0 aliphatic carbocycles. The molecule has 0 saturated carbocycles. The summed E-state index contributed by atoms with van der Waals surface area (Å²) in [6.07, 6.45) is 2.32. The highest BCUT2D eigenvalue weighted by Crippen LogP contribution is 2.34. The lowest BCUT2D eigenvalue weighted by atomic mass is 9.83.